The van der Waals surface area contributed by atoms with Crippen LogP contribution in [0.2, 0.25) is 0 Å². The van der Waals surface area contributed by atoms with Crippen molar-refractivity contribution < 1.29 is 0 Å². The van der Waals surface area contributed by atoms with E-state index in [0.29, 0.717) is 5.92 Å². The minimum Gasteiger partial charge on any atom is -0.297 e. The number of hydrogen-bond donors (Lipinski definition) is 0. The van der Waals surface area contributed by atoms with Crippen LogP contribution in [0.5, 0.6) is 0 Å². The predicted octanol–water partition coefficient (Wildman–Crippen LogP) is 2.54. The maximum atomic E-state index is 4.55. The number of aromatic nitrogens is 3. The Morgan fingerprint density at radius 3 is 3.00 bits per heavy atom. The standard InChI is InChI=1S/C14H18N4S/c1-10-3-5-15-14(16-10)12-4-6-18(7-12)8-13-9-19-11(2)17-13/h3,5,9,12H,4,6-8H2,1-2H3/t12-/m1/s1. The molecule has 1 aliphatic rings. The average Bonchev–Trinajstić information content (AvgIpc) is 2.99. The highest BCUT2D eigenvalue weighted by Crippen LogP contribution is 2.26. The first-order chi connectivity index (χ1) is 9.20. The van der Waals surface area contributed by atoms with Crippen molar-refractivity contribution in [3.05, 3.63) is 39.9 Å². The van der Waals surface area contributed by atoms with Crippen LogP contribution in [0.25, 0.3) is 0 Å². The first-order valence-corrected chi connectivity index (χ1v) is 7.51. The molecule has 0 spiro atoms. The molecule has 1 atom stereocenters. The molecule has 5 heteroatoms. The zero-order chi connectivity index (χ0) is 13.2. The lowest BCUT2D eigenvalue weighted by Crippen LogP contribution is -2.20. The fourth-order valence-corrected chi connectivity index (χ4v) is 3.17. The molecular formula is C14H18N4S. The van der Waals surface area contributed by atoms with Crippen LogP contribution in [0.3, 0.4) is 0 Å². The topological polar surface area (TPSA) is 41.9 Å². The van der Waals surface area contributed by atoms with E-state index in [9.17, 15) is 0 Å². The van der Waals surface area contributed by atoms with Crippen molar-refractivity contribution in [3.63, 3.8) is 0 Å². The molecular weight excluding hydrogens is 256 g/mol. The maximum Gasteiger partial charge on any atom is 0.132 e. The van der Waals surface area contributed by atoms with Crippen molar-refractivity contribution >= 4 is 11.3 Å². The second-order valence-electron chi connectivity index (χ2n) is 5.13. The van der Waals surface area contributed by atoms with Gasteiger partial charge in [0.15, 0.2) is 0 Å². The lowest BCUT2D eigenvalue weighted by atomic mass is 10.1. The van der Waals surface area contributed by atoms with Crippen LogP contribution in [0.15, 0.2) is 17.6 Å². The Morgan fingerprint density at radius 2 is 2.26 bits per heavy atom. The Balaban J connectivity index is 1.64. The second kappa shape index (κ2) is 5.35. The van der Waals surface area contributed by atoms with E-state index < -0.39 is 0 Å². The molecule has 100 valence electrons. The third-order valence-corrected chi connectivity index (χ3v) is 4.33. The summed E-state index contributed by atoms with van der Waals surface area (Å²) in [5.74, 6) is 1.47. The zero-order valence-corrected chi connectivity index (χ0v) is 12.2. The Bertz CT molecular complexity index is 566. The van der Waals surface area contributed by atoms with E-state index in [1.54, 1.807) is 11.3 Å². The average molecular weight is 274 g/mol. The van der Waals surface area contributed by atoms with Gasteiger partial charge in [0.1, 0.15) is 5.82 Å². The zero-order valence-electron chi connectivity index (χ0n) is 11.3. The van der Waals surface area contributed by atoms with Gasteiger partial charge in [0.25, 0.3) is 0 Å². The molecule has 0 N–H and O–H groups in total. The Morgan fingerprint density at radius 1 is 1.37 bits per heavy atom. The van der Waals surface area contributed by atoms with E-state index in [2.05, 4.69) is 32.2 Å². The summed E-state index contributed by atoms with van der Waals surface area (Å²) in [6.07, 6.45) is 3.01. The van der Waals surface area contributed by atoms with Crippen molar-refractivity contribution in [2.24, 2.45) is 0 Å². The largest absolute Gasteiger partial charge is 0.297 e. The van der Waals surface area contributed by atoms with Crippen molar-refractivity contribution in [2.75, 3.05) is 13.1 Å². The fourth-order valence-electron chi connectivity index (χ4n) is 2.56. The van der Waals surface area contributed by atoms with Crippen LogP contribution in [0.1, 0.15) is 34.6 Å². The number of aryl methyl sites for hydroxylation is 2. The number of hydrogen-bond acceptors (Lipinski definition) is 5. The van der Waals surface area contributed by atoms with Gasteiger partial charge in [-0.2, -0.15) is 0 Å². The molecule has 4 nitrogen and oxygen atoms in total. The van der Waals surface area contributed by atoms with E-state index in [4.69, 9.17) is 0 Å². The van der Waals surface area contributed by atoms with Gasteiger partial charge in [-0.25, -0.2) is 15.0 Å². The summed E-state index contributed by atoms with van der Waals surface area (Å²) in [6.45, 7) is 7.18. The third-order valence-electron chi connectivity index (χ3n) is 3.50. The van der Waals surface area contributed by atoms with E-state index in [0.717, 1.165) is 42.6 Å². The van der Waals surface area contributed by atoms with Gasteiger partial charge in [-0.15, -0.1) is 11.3 Å². The molecule has 2 aromatic heterocycles. The van der Waals surface area contributed by atoms with Gasteiger partial charge in [0, 0.05) is 36.3 Å². The van der Waals surface area contributed by atoms with Gasteiger partial charge in [0.2, 0.25) is 0 Å². The van der Waals surface area contributed by atoms with Crippen molar-refractivity contribution in [3.8, 4) is 0 Å². The minimum atomic E-state index is 0.472. The molecule has 3 rings (SSSR count). The molecule has 0 aliphatic carbocycles. The van der Waals surface area contributed by atoms with Crippen molar-refractivity contribution in [1.82, 2.24) is 19.9 Å². The third kappa shape index (κ3) is 2.98. The lowest BCUT2D eigenvalue weighted by molar-refractivity contribution is 0.322. The van der Waals surface area contributed by atoms with Crippen molar-refractivity contribution in [2.45, 2.75) is 32.7 Å². The molecule has 0 aromatic carbocycles. The Kier molecular flexibility index (Phi) is 3.57. The summed E-state index contributed by atoms with van der Waals surface area (Å²) >= 11 is 1.72. The highest BCUT2D eigenvalue weighted by Gasteiger charge is 2.26. The van der Waals surface area contributed by atoms with Crippen LogP contribution < -0.4 is 0 Å². The highest BCUT2D eigenvalue weighted by atomic mass is 32.1. The lowest BCUT2D eigenvalue weighted by Gasteiger charge is -2.14. The molecule has 2 aromatic rings. The first-order valence-electron chi connectivity index (χ1n) is 6.63. The van der Waals surface area contributed by atoms with E-state index in [1.165, 1.54) is 5.69 Å². The van der Waals surface area contributed by atoms with E-state index in [-0.39, 0.29) is 0 Å². The summed E-state index contributed by atoms with van der Waals surface area (Å²) in [6, 6.07) is 1.95. The summed E-state index contributed by atoms with van der Waals surface area (Å²) in [7, 11) is 0. The monoisotopic (exact) mass is 274 g/mol. The summed E-state index contributed by atoms with van der Waals surface area (Å²) < 4.78 is 0. The number of likely N-dealkylation sites (tertiary alicyclic amines) is 1. The summed E-state index contributed by atoms with van der Waals surface area (Å²) in [5, 5.41) is 3.30. The second-order valence-corrected chi connectivity index (χ2v) is 6.20. The van der Waals surface area contributed by atoms with Gasteiger partial charge in [-0.05, 0) is 32.9 Å². The molecule has 3 heterocycles. The van der Waals surface area contributed by atoms with Crippen LogP contribution in [-0.2, 0) is 6.54 Å². The number of nitrogens with zero attached hydrogens (tertiary/aromatic N) is 4. The van der Waals surface area contributed by atoms with Gasteiger partial charge < -0.3 is 0 Å². The van der Waals surface area contributed by atoms with Crippen LogP contribution in [0.4, 0.5) is 0 Å². The fraction of sp³-hybridized carbons (Fsp3) is 0.500. The first kappa shape index (κ1) is 12.7. The Hall–Kier alpha value is -1.33. The van der Waals surface area contributed by atoms with Crippen LogP contribution in [-0.4, -0.2) is 32.9 Å². The predicted molar refractivity (Wildman–Crippen MR) is 76.3 cm³/mol. The summed E-state index contributed by atoms with van der Waals surface area (Å²) in [4.78, 5) is 15.9. The molecule has 1 saturated heterocycles. The molecule has 0 unspecified atom stereocenters. The van der Waals surface area contributed by atoms with Gasteiger partial charge >= 0.3 is 0 Å². The molecule has 0 bridgehead atoms. The van der Waals surface area contributed by atoms with Gasteiger partial charge in [0.05, 0.1) is 10.7 Å². The van der Waals surface area contributed by atoms with Gasteiger partial charge in [-0.1, -0.05) is 0 Å². The molecule has 0 radical (unpaired) electrons. The van der Waals surface area contributed by atoms with Crippen LogP contribution >= 0.6 is 11.3 Å². The number of thiazole rings is 1. The molecule has 1 aliphatic heterocycles. The molecule has 0 saturated carbocycles. The maximum absolute atomic E-state index is 4.55. The smallest absolute Gasteiger partial charge is 0.132 e. The summed E-state index contributed by atoms with van der Waals surface area (Å²) in [5.41, 5.74) is 2.24. The van der Waals surface area contributed by atoms with Crippen LogP contribution in [0, 0.1) is 13.8 Å². The SMILES string of the molecule is Cc1ccnc([C@@H]2CCN(Cc3csc(C)n3)C2)n1. The molecule has 0 amide bonds. The highest BCUT2D eigenvalue weighted by molar-refractivity contribution is 7.09. The quantitative estimate of drug-likeness (QED) is 0.862. The normalized spacial score (nSPS) is 20.0. The van der Waals surface area contributed by atoms with Crippen molar-refractivity contribution in [1.29, 1.82) is 0 Å². The molecule has 19 heavy (non-hydrogen) atoms. The molecule has 1 fully saturated rings. The minimum absolute atomic E-state index is 0.472. The van der Waals surface area contributed by atoms with Gasteiger partial charge in [-0.3, -0.25) is 4.90 Å². The number of rotatable bonds is 3. The van der Waals surface area contributed by atoms with E-state index >= 15 is 0 Å². The van der Waals surface area contributed by atoms with E-state index in [1.807, 2.05) is 19.2 Å². The Labute approximate surface area is 117 Å².